The Kier molecular flexibility index (Phi) is 2.76. The van der Waals surface area contributed by atoms with Crippen molar-refractivity contribution in [3.63, 3.8) is 0 Å². The summed E-state index contributed by atoms with van der Waals surface area (Å²) < 4.78 is 10.8. The Labute approximate surface area is 105 Å². The second kappa shape index (κ2) is 4.42. The highest BCUT2D eigenvalue weighted by Crippen LogP contribution is 2.29. The summed E-state index contributed by atoms with van der Waals surface area (Å²) in [6.45, 7) is 2.75. The van der Waals surface area contributed by atoms with E-state index in [0.717, 1.165) is 36.3 Å². The lowest BCUT2D eigenvalue weighted by atomic mass is 10.1. The van der Waals surface area contributed by atoms with Gasteiger partial charge < -0.3 is 15.0 Å². The van der Waals surface area contributed by atoms with Crippen LogP contribution in [0, 0.1) is 6.92 Å². The van der Waals surface area contributed by atoms with Gasteiger partial charge in [0.25, 0.3) is 5.89 Å². The number of hydrogen-bond acceptors (Lipinski definition) is 5. The van der Waals surface area contributed by atoms with Gasteiger partial charge in [0.2, 0.25) is 5.82 Å². The lowest BCUT2D eigenvalue weighted by Crippen LogP contribution is -1.98. The van der Waals surface area contributed by atoms with Gasteiger partial charge in [-0.05, 0) is 43.5 Å². The number of benzene rings is 1. The fraction of sp³-hybridized carbons (Fsp3) is 0.385. The summed E-state index contributed by atoms with van der Waals surface area (Å²) in [5.41, 5.74) is 8.40. The molecule has 0 saturated carbocycles. The van der Waals surface area contributed by atoms with Crippen molar-refractivity contribution in [1.82, 2.24) is 10.1 Å². The number of anilines is 1. The molecule has 1 unspecified atom stereocenters. The maximum atomic E-state index is 5.72. The first-order valence-electron chi connectivity index (χ1n) is 6.06. The van der Waals surface area contributed by atoms with Crippen molar-refractivity contribution in [3.8, 4) is 11.5 Å². The van der Waals surface area contributed by atoms with Gasteiger partial charge in [0.1, 0.15) is 6.10 Å². The van der Waals surface area contributed by atoms with Crippen LogP contribution in [-0.2, 0) is 4.74 Å². The molecular weight excluding hydrogens is 230 g/mol. The molecule has 0 aliphatic carbocycles. The molecule has 3 rings (SSSR count). The number of rotatable bonds is 2. The zero-order chi connectivity index (χ0) is 12.5. The second-order valence-corrected chi connectivity index (χ2v) is 4.53. The molecule has 1 aromatic heterocycles. The minimum Gasteiger partial charge on any atom is -0.399 e. The van der Waals surface area contributed by atoms with Gasteiger partial charge in [0.15, 0.2) is 0 Å². The topological polar surface area (TPSA) is 74.2 Å². The van der Waals surface area contributed by atoms with Crippen LogP contribution in [0.4, 0.5) is 5.69 Å². The second-order valence-electron chi connectivity index (χ2n) is 4.53. The molecule has 1 aliphatic rings. The number of aryl methyl sites for hydroxylation is 1. The van der Waals surface area contributed by atoms with Crippen LogP contribution in [0.3, 0.4) is 0 Å². The summed E-state index contributed by atoms with van der Waals surface area (Å²) in [7, 11) is 0. The zero-order valence-corrected chi connectivity index (χ0v) is 10.2. The monoisotopic (exact) mass is 245 g/mol. The van der Waals surface area contributed by atoms with Crippen molar-refractivity contribution in [2.45, 2.75) is 25.9 Å². The molecule has 0 radical (unpaired) electrons. The quantitative estimate of drug-likeness (QED) is 0.823. The Balaban J connectivity index is 1.92. The Bertz CT molecular complexity index is 559. The molecule has 0 amide bonds. The fourth-order valence-electron chi connectivity index (χ4n) is 2.18. The Morgan fingerprint density at radius 1 is 1.39 bits per heavy atom. The molecule has 2 aromatic rings. The highest BCUT2D eigenvalue weighted by Gasteiger charge is 2.23. The van der Waals surface area contributed by atoms with Gasteiger partial charge in [0, 0.05) is 17.9 Å². The summed E-state index contributed by atoms with van der Waals surface area (Å²) >= 11 is 0. The predicted octanol–water partition coefficient (Wildman–Crippen LogP) is 2.48. The number of nitrogen functional groups attached to an aromatic ring is 1. The Hall–Kier alpha value is -1.88. The third kappa shape index (κ3) is 1.97. The number of nitrogens with zero attached hydrogens (tertiary/aromatic N) is 2. The number of hydrogen-bond donors (Lipinski definition) is 1. The molecule has 2 heterocycles. The van der Waals surface area contributed by atoms with Crippen LogP contribution >= 0.6 is 0 Å². The number of nitrogens with two attached hydrogens (primary N) is 1. The Morgan fingerprint density at radius 3 is 3.00 bits per heavy atom. The molecule has 1 aromatic carbocycles. The molecule has 18 heavy (non-hydrogen) atoms. The van der Waals surface area contributed by atoms with Crippen LogP contribution in [0.15, 0.2) is 22.7 Å². The molecule has 1 fully saturated rings. The van der Waals surface area contributed by atoms with Gasteiger partial charge in [-0.25, -0.2) is 0 Å². The van der Waals surface area contributed by atoms with Crippen LogP contribution in [0.1, 0.15) is 30.3 Å². The van der Waals surface area contributed by atoms with Crippen LogP contribution < -0.4 is 5.73 Å². The molecule has 0 bridgehead atoms. The Morgan fingerprint density at radius 2 is 2.28 bits per heavy atom. The lowest BCUT2D eigenvalue weighted by molar-refractivity contribution is 0.103. The van der Waals surface area contributed by atoms with Gasteiger partial charge in [0.05, 0.1) is 0 Å². The maximum Gasteiger partial charge on any atom is 0.258 e. The number of aromatic nitrogens is 2. The van der Waals surface area contributed by atoms with Crippen molar-refractivity contribution < 1.29 is 9.26 Å². The lowest BCUT2D eigenvalue weighted by Gasteiger charge is -2.02. The first kappa shape index (κ1) is 11.2. The molecule has 1 saturated heterocycles. The predicted molar refractivity (Wildman–Crippen MR) is 66.8 cm³/mol. The highest BCUT2D eigenvalue weighted by molar-refractivity contribution is 5.62. The van der Waals surface area contributed by atoms with E-state index in [1.807, 2.05) is 25.1 Å². The van der Waals surface area contributed by atoms with Crippen molar-refractivity contribution >= 4 is 5.69 Å². The molecule has 1 atom stereocenters. The van der Waals surface area contributed by atoms with Gasteiger partial charge >= 0.3 is 0 Å². The van der Waals surface area contributed by atoms with E-state index in [1.54, 1.807) is 0 Å². The zero-order valence-electron chi connectivity index (χ0n) is 10.2. The van der Waals surface area contributed by atoms with Gasteiger partial charge in [-0.15, -0.1) is 0 Å². The number of ether oxygens (including phenoxy) is 1. The van der Waals surface area contributed by atoms with Crippen LogP contribution in [0.5, 0.6) is 0 Å². The first-order valence-corrected chi connectivity index (χ1v) is 6.06. The van der Waals surface area contributed by atoms with E-state index < -0.39 is 0 Å². The summed E-state index contributed by atoms with van der Waals surface area (Å²) in [6.07, 6.45) is 1.99. The molecule has 94 valence electrons. The largest absolute Gasteiger partial charge is 0.399 e. The van der Waals surface area contributed by atoms with Crippen LogP contribution in [0.25, 0.3) is 11.5 Å². The van der Waals surface area contributed by atoms with Crippen LogP contribution in [-0.4, -0.2) is 16.7 Å². The van der Waals surface area contributed by atoms with E-state index in [1.165, 1.54) is 0 Å². The van der Waals surface area contributed by atoms with E-state index >= 15 is 0 Å². The SMILES string of the molecule is Cc1cc(N)ccc1-c1nc(C2CCCO2)no1. The first-order chi connectivity index (χ1) is 8.74. The van der Waals surface area contributed by atoms with Crippen molar-refractivity contribution in [2.24, 2.45) is 0 Å². The summed E-state index contributed by atoms with van der Waals surface area (Å²) in [6, 6.07) is 5.63. The fourth-order valence-corrected chi connectivity index (χ4v) is 2.18. The highest BCUT2D eigenvalue weighted by atomic mass is 16.5. The van der Waals surface area contributed by atoms with Crippen molar-refractivity contribution in [2.75, 3.05) is 12.3 Å². The molecule has 2 N–H and O–H groups in total. The molecule has 0 spiro atoms. The van der Waals surface area contributed by atoms with E-state index in [4.69, 9.17) is 15.0 Å². The van der Waals surface area contributed by atoms with E-state index in [0.29, 0.717) is 11.7 Å². The third-order valence-corrected chi connectivity index (χ3v) is 3.14. The molecule has 5 heteroatoms. The van der Waals surface area contributed by atoms with Gasteiger partial charge in [-0.3, -0.25) is 0 Å². The van der Waals surface area contributed by atoms with Crippen LogP contribution in [0.2, 0.25) is 0 Å². The van der Waals surface area contributed by atoms with E-state index in [9.17, 15) is 0 Å². The maximum absolute atomic E-state index is 5.72. The van der Waals surface area contributed by atoms with E-state index in [2.05, 4.69) is 10.1 Å². The summed E-state index contributed by atoms with van der Waals surface area (Å²) in [5.74, 6) is 1.16. The van der Waals surface area contributed by atoms with Crippen molar-refractivity contribution in [3.05, 3.63) is 29.6 Å². The molecule has 1 aliphatic heterocycles. The van der Waals surface area contributed by atoms with E-state index in [-0.39, 0.29) is 6.10 Å². The minimum atomic E-state index is -0.0170. The standard InChI is InChI=1S/C13H15N3O2/c1-8-7-9(14)4-5-10(8)13-15-12(16-18-13)11-3-2-6-17-11/h4-5,7,11H,2-3,6,14H2,1H3. The minimum absolute atomic E-state index is 0.0170. The smallest absolute Gasteiger partial charge is 0.258 e. The van der Waals surface area contributed by atoms with Crippen molar-refractivity contribution in [1.29, 1.82) is 0 Å². The molecular formula is C13H15N3O2. The molecule has 5 nitrogen and oxygen atoms in total. The summed E-state index contributed by atoms with van der Waals surface area (Å²) in [5, 5.41) is 4.00. The third-order valence-electron chi connectivity index (χ3n) is 3.14. The van der Waals surface area contributed by atoms with Gasteiger partial charge in [-0.2, -0.15) is 4.98 Å². The normalized spacial score (nSPS) is 19.3. The van der Waals surface area contributed by atoms with Gasteiger partial charge in [-0.1, -0.05) is 5.16 Å². The summed E-state index contributed by atoms with van der Waals surface area (Å²) in [4.78, 5) is 4.41. The average Bonchev–Trinajstić information content (AvgIpc) is 2.99. The average molecular weight is 245 g/mol.